The lowest BCUT2D eigenvalue weighted by Gasteiger charge is -2.30. The summed E-state index contributed by atoms with van der Waals surface area (Å²) in [5.74, 6) is 0.0781. The predicted octanol–water partition coefficient (Wildman–Crippen LogP) is 2.21. The van der Waals surface area contributed by atoms with Crippen molar-refractivity contribution in [1.29, 1.82) is 0 Å². The van der Waals surface area contributed by atoms with Crippen LogP contribution in [-0.2, 0) is 4.79 Å². The number of hydrogen-bond acceptors (Lipinski definition) is 4. The summed E-state index contributed by atoms with van der Waals surface area (Å²) in [5, 5.41) is 13.8. The molecular weight excluding hydrogens is 258 g/mol. The first-order chi connectivity index (χ1) is 9.54. The quantitative estimate of drug-likeness (QED) is 0.661. The summed E-state index contributed by atoms with van der Waals surface area (Å²) in [4.78, 5) is 24.1. The molecule has 0 radical (unpaired) electrons. The van der Waals surface area contributed by atoms with Gasteiger partial charge in [0.15, 0.2) is 0 Å². The van der Waals surface area contributed by atoms with Crippen LogP contribution < -0.4 is 5.32 Å². The molecule has 1 aromatic rings. The Kier molecular flexibility index (Phi) is 4.34. The van der Waals surface area contributed by atoms with E-state index >= 15 is 0 Å². The second-order valence-electron chi connectivity index (χ2n) is 5.07. The molecule has 0 spiro atoms. The topological polar surface area (TPSA) is 75.5 Å². The summed E-state index contributed by atoms with van der Waals surface area (Å²) >= 11 is 0. The highest BCUT2D eigenvalue weighted by molar-refractivity contribution is 5.81. The van der Waals surface area contributed by atoms with E-state index in [1.807, 2.05) is 11.8 Å². The zero-order chi connectivity index (χ0) is 14.7. The van der Waals surface area contributed by atoms with Crippen LogP contribution in [0.15, 0.2) is 24.3 Å². The molecule has 1 aromatic carbocycles. The van der Waals surface area contributed by atoms with Gasteiger partial charge in [-0.15, -0.1) is 0 Å². The van der Waals surface area contributed by atoms with Gasteiger partial charge in [0, 0.05) is 18.2 Å². The van der Waals surface area contributed by atoms with Crippen molar-refractivity contribution in [2.45, 2.75) is 38.9 Å². The lowest BCUT2D eigenvalue weighted by Crippen LogP contribution is -2.37. The van der Waals surface area contributed by atoms with Gasteiger partial charge in [0.2, 0.25) is 5.91 Å². The second-order valence-corrected chi connectivity index (χ2v) is 5.07. The van der Waals surface area contributed by atoms with Crippen molar-refractivity contribution in [3.8, 4) is 0 Å². The Bertz CT molecular complexity index is 501. The van der Waals surface area contributed by atoms with Gasteiger partial charge in [-0.25, -0.2) is 0 Å². The third-order valence-electron chi connectivity index (χ3n) is 3.61. The standard InChI is InChI=1S/C14H19N3O3/c1-3-4-10(2)16-13(18)9-15-14(16)11-5-7-12(8-6-11)17(19)20/h5-8,10,14-15H,3-4,9H2,1-2H3. The Hall–Kier alpha value is -1.95. The molecule has 0 bridgehead atoms. The van der Waals surface area contributed by atoms with E-state index in [2.05, 4.69) is 12.2 Å². The van der Waals surface area contributed by atoms with Crippen molar-refractivity contribution >= 4 is 11.6 Å². The van der Waals surface area contributed by atoms with Crippen molar-refractivity contribution in [1.82, 2.24) is 10.2 Å². The Balaban J connectivity index is 2.21. The van der Waals surface area contributed by atoms with E-state index < -0.39 is 4.92 Å². The van der Waals surface area contributed by atoms with Gasteiger partial charge in [-0.05, 0) is 31.0 Å². The zero-order valence-electron chi connectivity index (χ0n) is 11.7. The fourth-order valence-electron chi connectivity index (χ4n) is 2.63. The molecule has 20 heavy (non-hydrogen) atoms. The predicted molar refractivity (Wildman–Crippen MR) is 75.1 cm³/mol. The molecule has 1 fully saturated rings. The maximum Gasteiger partial charge on any atom is 0.269 e. The molecule has 6 nitrogen and oxygen atoms in total. The van der Waals surface area contributed by atoms with E-state index in [1.54, 1.807) is 12.1 Å². The lowest BCUT2D eigenvalue weighted by molar-refractivity contribution is -0.384. The smallest absolute Gasteiger partial charge is 0.269 e. The molecule has 0 aliphatic carbocycles. The van der Waals surface area contributed by atoms with Crippen molar-refractivity contribution in [2.24, 2.45) is 0 Å². The van der Waals surface area contributed by atoms with Gasteiger partial charge >= 0.3 is 0 Å². The Morgan fingerprint density at radius 1 is 1.45 bits per heavy atom. The van der Waals surface area contributed by atoms with E-state index in [0.29, 0.717) is 6.54 Å². The molecule has 1 aliphatic rings. The van der Waals surface area contributed by atoms with Gasteiger partial charge in [0.25, 0.3) is 5.69 Å². The minimum absolute atomic E-state index is 0.0613. The van der Waals surface area contributed by atoms with Gasteiger partial charge in [-0.1, -0.05) is 13.3 Å². The van der Waals surface area contributed by atoms with E-state index in [9.17, 15) is 14.9 Å². The molecule has 2 atom stereocenters. The largest absolute Gasteiger partial charge is 0.319 e. The van der Waals surface area contributed by atoms with Crippen LogP contribution in [0.3, 0.4) is 0 Å². The third-order valence-corrected chi connectivity index (χ3v) is 3.61. The number of benzene rings is 1. The molecule has 1 saturated heterocycles. The first kappa shape index (κ1) is 14.5. The molecule has 0 saturated carbocycles. The van der Waals surface area contributed by atoms with Crippen LogP contribution in [-0.4, -0.2) is 28.3 Å². The summed E-state index contributed by atoms with van der Waals surface area (Å²) in [6, 6.07) is 6.52. The number of nitrogens with one attached hydrogen (secondary N) is 1. The molecule has 1 amide bonds. The van der Waals surface area contributed by atoms with E-state index in [4.69, 9.17) is 0 Å². The molecule has 0 aromatic heterocycles. The van der Waals surface area contributed by atoms with Crippen molar-refractivity contribution in [2.75, 3.05) is 6.54 Å². The number of nitro groups is 1. The fraction of sp³-hybridized carbons (Fsp3) is 0.500. The van der Waals surface area contributed by atoms with E-state index in [1.165, 1.54) is 12.1 Å². The van der Waals surface area contributed by atoms with Crippen molar-refractivity contribution < 1.29 is 9.72 Å². The lowest BCUT2D eigenvalue weighted by atomic mass is 10.1. The van der Waals surface area contributed by atoms with Crippen LogP contribution in [0.1, 0.15) is 38.4 Å². The zero-order valence-corrected chi connectivity index (χ0v) is 11.7. The Labute approximate surface area is 117 Å². The number of carbonyl (C=O) groups excluding carboxylic acids is 1. The molecule has 108 valence electrons. The molecule has 2 rings (SSSR count). The normalized spacial score (nSPS) is 20.2. The highest BCUT2D eigenvalue weighted by atomic mass is 16.6. The number of nitro benzene ring substituents is 1. The van der Waals surface area contributed by atoms with Crippen LogP contribution in [0, 0.1) is 10.1 Å². The Morgan fingerprint density at radius 3 is 2.65 bits per heavy atom. The summed E-state index contributed by atoms with van der Waals surface area (Å²) in [7, 11) is 0. The minimum atomic E-state index is -0.422. The summed E-state index contributed by atoms with van der Waals surface area (Å²) in [6.45, 7) is 4.44. The highest BCUT2D eigenvalue weighted by Crippen LogP contribution is 2.27. The van der Waals surface area contributed by atoms with Gasteiger partial charge in [0.1, 0.15) is 6.17 Å². The molecule has 1 N–H and O–H groups in total. The van der Waals surface area contributed by atoms with Gasteiger partial charge in [-0.2, -0.15) is 0 Å². The van der Waals surface area contributed by atoms with Crippen LogP contribution >= 0.6 is 0 Å². The van der Waals surface area contributed by atoms with Gasteiger partial charge in [-0.3, -0.25) is 20.2 Å². The van der Waals surface area contributed by atoms with Crippen LogP contribution in [0.5, 0.6) is 0 Å². The average molecular weight is 277 g/mol. The Morgan fingerprint density at radius 2 is 2.10 bits per heavy atom. The van der Waals surface area contributed by atoms with E-state index in [0.717, 1.165) is 18.4 Å². The molecule has 6 heteroatoms. The first-order valence-electron chi connectivity index (χ1n) is 6.83. The maximum absolute atomic E-state index is 12.0. The number of hydrogen-bond donors (Lipinski definition) is 1. The first-order valence-corrected chi connectivity index (χ1v) is 6.83. The second kappa shape index (κ2) is 6.00. The summed E-state index contributed by atoms with van der Waals surface area (Å²) in [6.07, 6.45) is 1.76. The SMILES string of the molecule is CCCC(C)N1C(=O)CNC1c1ccc([N+](=O)[O-])cc1. The summed E-state index contributed by atoms with van der Waals surface area (Å²) in [5.41, 5.74) is 0.940. The average Bonchev–Trinajstić information content (AvgIpc) is 2.81. The van der Waals surface area contributed by atoms with Gasteiger partial charge < -0.3 is 4.90 Å². The van der Waals surface area contributed by atoms with Crippen LogP contribution in [0.25, 0.3) is 0 Å². The molecular formula is C14H19N3O3. The highest BCUT2D eigenvalue weighted by Gasteiger charge is 2.34. The number of non-ortho nitro benzene ring substituents is 1. The number of carbonyl (C=O) groups is 1. The van der Waals surface area contributed by atoms with Crippen molar-refractivity contribution in [3.63, 3.8) is 0 Å². The third kappa shape index (κ3) is 2.80. The molecule has 1 aliphatic heterocycles. The maximum atomic E-state index is 12.0. The fourth-order valence-corrected chi connectivity index (χ4v) is 2.63. The molecule has 2 unspecified atom stereocenters. The summed E-state index contributed by atoms with van der Waals surface area (Å²) < 4.78 is 0. The number of nitrogens with zero attached hydrogens (tertiary/aromatic N) is 2. The van der Waals surface area contributed by atoms with Crippen LogP contribution in [0.2, 0.25) is 0 Å². The number of amides is 1. The monoisotopic (exact) mass is 277 g/mol. The van der Waals surface area contributed by atoms with E-state index in [-0.39, 0.29) is 23.8 Å². The molecule has 1 heterocycles. The minimum Gasteiger partial charge on any atom is -0.319 e. The number of rotatable bonds is 5. The van der Waals surface area contributed by atoms with Crippen molar-refractivity contribution in [3.05, 3.63) is 39.9 Å². The van der Waals surface area contributed by atoms with Crippen LogP contribution in [0.4, 0.5) is 5.69 Å². The van der Waals surface area contributed by atoms with Gasteiger partial charge in [0.05, 0.1) is 11.5 Å².